The molecule has 1 aromatic rings. The van der Waals surface area contributed by atoms with Gasteiger partial charge in [0.2, 0.25) is 0 Å². The third kappa shape index (κ3) is 2.35. The molecule has 0 saturated carbocycles. The third-order valence-electron chi connectivity index (χ3n) is 4.06. The second-order valence-electron chi connectivity index (χ2n) is 5.30. The zero-order valence-electron chi connectivity index (χ0n) is 11.1. The summed E-state index contributed by atoms with van der Waals surface area (Å²) >= 11 is 0. The van der Waals surface area contributed by atoms with Gasteiger partial charge < -0.3 is 10.2 Å². The Bertz CT molecular complexity index is 407. The Labute approximate surface area is 109 Å². The molecule has 0 spiro atoms. The van der Waals surface area contributed by atoms with Crippen LogP contribution in [0.1, 0.15) is 18.5 Å². The van der Waals surface area contributed by atoms with E-state index in [0.29, 0.717) is 0 Å². The second kappa shape index (κ2) is 5.24. The predicted molar refractivity (Wildman–Crippen MR) is 73.8 cm³/mol. The second-order valence-corrected chi connectivity index (χ2v) is 5.30. The Morgan fingerprint density at radius 1 is 1.33 bits per heavy atom. The molecule has 1 unspecified atom stereocenters. The van der Waals surface area contributed by atoms with E-state index in [0.717, 1.165) is 37.2 Å². The summed E-state index contributed by atoms with van der Waals surface area (Å²) in [7, 11) is 1.96. The number of aromatic nitrogens is 1. The van der Waals surface area contributed by atoms with Crippen LogP contribution in [-0.2, 0) is 6.54 Å². The van der Waals surface area contributed by atoms with E-state index in [4.69, 9.17) is 4.98 Å². The lowest BCUT2D eigenvalue weighted by atomic mass is 10.1. The molecule has 2 fully saturated rings. The van der Waals surface area contributed by atoms with Crippen molar-refractivity contribution in [1.29, 1.82) is 0 Å². The first-order valence-corrected chi connectivity index (χ1v) is 6.96. The Hall–Kier alpha value is -1.13. The molecule has 0 aromatic carbocycles. The van der Waals surface area contributed by atoms with E-state index >= 15 is 0 Å². The van der Waals surface area contributed by atoms with Gasteiger partial charge in [-0.2, -0.15) is 0 Å². The number of hydrogen-bond donors (Lipinski definition) is 1. The van der Waals surface area contributed by atoms with Gasteiger partial charge >= 0.3 is 0 Å². The van der Waals surface area contributed by atoms with Crippen molar-refractivity contribution in [3.8, 4) is 0 Å². The molecule has 1 N–H and O–H groups in total. The van der Waals surface area contributed by atoms with Crippen LogP contribution in [-0.4, -0.2) is 49.2 Å². The molecule has 2 aliphatic rings. The predicted octanol–water partition coefficient (Wildman–Crippen LogP) is 1.09. The van der Waals surface area contributed by atoms with Crippen molar-refractivity contribution in [2.45, 2.75) is 25.4 Å². The number of rotatable bonds is 3. The van der Waals surface area contributed by atoms with Crippen molar-refractivity contribution in [3.05, 3.63) is 23.9 Å². The molecule has 0 aliphatic carbocycles. The number of nitrogens with one attached hydrogen (secondary N) is 1. The van der Waals surface area contributed by atoms with Gasteiger partial charge in [-0.15, -0.1) is 0 Å². The van der Waals surface area contributed by atoms with E-state index < -0.39 is 0 Å². The minimum Gasteiger partial charge on any atom is -0.354 e. The van der Waals surface area contributed by atoms with Gasteiger partial charge in [-0.3, -0.25) is 4.90 Å². The molecule has 4 heteroatoms. The van der Waals surface area contributed by atoms with Crippen LogP contribution in [0.4, 0.5) is 5.82 Å². The van der Waals surface area contributed by atoms with Gasteiger partial charge in [0, 0.05) is 32.2 Å². The number of hydrogen-bond acceptors (Lipinski definition) is 4. The maximum absolute atomic E-state index is 4.75. The van der Waals surface area contributed by atoms with E-state index in [-0.39, 0.29) is 0 Å². The van der Waals surface area contributed by atoms with Crippen LogP contribution in [0, 0.1) is 0 Å². The molecule has 3 rings (SSSR count). The average molecular weight is 246 g/mol. The topological polar surface area (TPSA) is 31.4 Å². The van der Waals surface area contributed by atoms with Gasteiger partial charge in [-0.1, -0.05) is 6.07 Å². The fraction of sp³-hybridized carbons (Fsp3) is 0.643. The minimum atomic E-state index is 0.758. The van der Waals surface area contributed by atoms with Gasteiger partial charge in [0.25, 0.3) is 0 Å². The third-order valence-corrected chi connectivity index (χ3v) is 4.06. The summed E-state index contributed by atoms with van der Waals surface area (Å²) < 4.78 is 0. The summed E-state index contributed by atoms with van der Waals surface area (Å²) in [5.41, 5.74) is 1.13. The molecule has 0 bridgehead atoms. The van der Waals surface area contributed by atoms with Crippen LogP contribution in [0.15, 0.2) is 18.2 Å². The van der Waals surface area contributed by atoms with Crippen molar-refractivity contribution < 1.29 is 0 Å². The monoisotopic (exact) mass is 246 g/mol. The summed E-state index contributed by atoms with van der Waals surface area (Å²) in [6.07, 6.45) is 2.72. The highest BCUT2D eigenvalue weighted by Crippen LogP contribution is 2.24. The van der Waals surface area contributed by atoms with Gasteiger partial charge in [-0.05, 0) is 38.6 Å². The molecule has 0 amide bonds. The first-order valence-electron chi connectivity index (χ1n) is 6.96. The van der Waals surface area contributed by atoms with E-state index in [1.54, 1.807) is 0 Å². The Morgan fingerprint density at radius 2 is 2.28 bits per heavy atom. The lowest BCUT2D eigenvalue weighted by molar-refractivity contribution is 0.230. The zero-order valence-corrected chi connectivity index (χ0v) is 11.1. The molecule has 1 aromatic heterocycles. The SMILES string of the molecule is CNCc1cccc(N2CCN3CCCC3C2)n1. The fourth-order valence-corrected chi connectivity index (χ4v) is 3.12. The highest BCUT2D eigenvalue weighted by molar-refractivity contribution is 5.40. The van der Waals surface area contributed by atoms with Crippen LogP contribution >= 0.6 is 0 Å². The van der Waals surface area contributed by atoms with Crippen molar-refractivity contribution in [1.82, 2.24) is 15.2 Å². The minimum absolute atomic E-state index is 0.758. The molecular weight excluding hydrogens is 224 g/mol. The zero-order chi connectivity index (χ0) is 12.4. The normalized spacial score (nSPS) is 24.3. The van der Waals surface area contributed by atoms with E-state index in [1.807, 2.05) is 7.05 Å². The van der Waals surface area contributed by atoms with E-state index in [1.165, 1.54) is 25.9 Å². The number of anilines is 1. The van der Waals surface area contributed by atoms with Gasteiger partial charge in [0.05, 0.1) is 5.69 Å². The van der Waals surface area contributed by atoms with Crippen LogP contribution in [0.5, 0.6) is 0 Å². The van der Waals surface area contributed by atoms with E-state index in [2.05, 4.69) is 33.3 Å². The van der Waals surface area contributed by atoms with Gasteiger partial charge in [0.15, 0.2) is 0 Å². The molecule has 2 aliphatic heterocycles. The van der Waals surface area contributed by atoms with E-state index in [9.17, 15) is 0 Å². The number of nitrogens with zero attached hydrogens (tertiary/aromatic N) is 3. The first kappa shape index (κ1) is 11.9. The fourth-order valence-electron chi connectivity index (χ4n) is 3.12. The van der Waals surface area contributed by atoms with Crippen LogP contribution in [0.25, 0.3) is 0 Å². The summed E-state index contributed by atoms with van der Waals surface area (Å²) in [6.45, 7) is 5.61. The lowest BCUT2D eigenvalue weighted by Crippen LogP contribution is -2.50. The molecule has 3 heterocycles. The summed E-state index contributed by atoms with van der Waals surface area (Å²) in [5.74, 6) is 1.15. The molecule has 4 nitrogen and oxygen atoms in total. The van der Waals surface area contributed by atoms with Crippen molar-refractivity contribution >= 4 is 5.82 Å². The first-order chi connectivity index (χ1) is 8.86. The Kier molecular flexibility index (Phi) is 3.48. The van der Waals surface area contributed by atoms with Crippen molar-refractivity contribution in [2.75, 3.05) is 38.1 Å². The highest BCUT2D eigenvalue weighted by atomic mass is 15.3. The average Bonchev–Trinajstić information content (AvgIpc) is 2.86. The lowest BCUT2D eigenvalue weighted by Gasteiger charge is -2.38. The Balaban J connectivity index is 1.72. The van der Waals surface area contributed by atoms with Crippen LogP contribution < -0.4 is 10.2 Å². The van der Waals surface area contributed by atoms with Crippen molar-refractivity contribution in [2.24, 2.45) is 0 Å². The quantitative estimate of drug-likeness (QED) is 0.865. The molecule has 1 atom stereocenters. The van der Waals surface area contributed by atoms with Gasteiger partial charge in [-0.25, -0.2) is 4.98 Å². The number of piperazine rings is 1. The van der Waals surface area contributed by atoms with Crippen molar-refractivity contribution in [3.63, 3.8) is 0 Å². The standard InChI is InChI=1S/C14H22N4/c1-15-10-12-4-2-6-14(16-12)18-9-8-17-7-3-5-13(17)11-18/h2,4,6,13,15H,3,5,7-11H2,1H3. The molecule has 98 valence electrons. The Morgan fingerprint density at radius 3 is 3.17 bits per heavy atom. The highest BCUT2D eigenvalue weighted by Gasteiger charge is 2.30. The summed E-state index contributed by atoms with van der Waals surface area (Å²) in [4.78, 5) is 9.83. The van der Waals surface area contributed by atoms with Crippen LogP contribution in [0.3, 0.4) is 0 Å². The smallest absolute Gasteiger partial charge is 0.128 e. The molecule has 0 radical (unpaired) electrons. The number of pyridine rings is 1. The molecule has 2 saturated heterocycles. The summed E-state index contributed by atoms with van der Waals surface area (Å²) in [6, 6.07) is 7.11. The van der Waals surface area contributed by atoms with Gasteiger partial charge in [0.1, 0.15) is 5.82 Å². The molecular formula is C14H22N4. The maximum atomic E-state index is 4.75. The number of fused-ring (bicyclic) bond motifs is 1. The van der Waals surface area contributed by atoms with Crippen LogP contribution in [0.2, 0.25) is 0 Å². The maximum Gasteiger partial charge on any atom is 0.128 e. The summed E-state index contributed by atoms with van der Waals surface area (Å²) in [5, 5.41) is 3.16. The molecule has 18 heavy (non-hydrogen) atoms. The largest absolute Gasteiger partial charge is 0.354 e.